The predicted octanol–water partition coefficient (Wildman–Crippen LogP) is 2.93. The van der Waals surface area contributed by atoms with Crippen molar-refractivity contribution in [1.29, 1.82) is 0 Å². The van der Waals surface area contributed by atoms with Crippen LogP contribution in [-0.4, -0.2) is 24.8 Å². The van der Waals surface area contributed by atoms with Gasteiger partial charge in [0.1, 0.15) is 0 Å². The second-order valence-corrected chi connectivity index (χ2v) is 5.69. The Morgan fingerprint density at radius 1 is 1.32 bits per heavy atom. The van der Waals surface area contributed by atoms with E-state index in [1.54, 1.807) is 0 Å². The molecule has 1 aromatic carbocycles. The molecule has 106 valence electrons. The molecule has 3 N–H and O–H groups in total. The number of hydrogen-bond donors (Lipinski definition) is 2. The Hall–Kier alpha value is -1.16. The lowest BCUT2D eigenvalue weighted by atomic mass is 10.2. The standard InChI is InChI=1S/C15H25N3S/c1-3-4-9-17-15(16)18-10-11-19-12-14-7-5-13(2)6-8-14/h5-8H,3-4,9-12H2,1-2H3,(H3,16,17,18). The van der Waals surface area contributed by atoms with E-state index < -0.39 is 0 Å². The maximum absolute atomic E-state index is 5.75. The van der Waals surface area contributed by atoms with Gasteiger partial charge < -0.3 is 11.1 Å². The molecule has 3 nitrogen and oxygen atoms in total. The van der Waals surface area contributed by atoms with Gasteiger partial charge in [-0.2, -0.15) is 11.8 Å². The highest BCUT2D eigenvalue weighted by atomic mass is 32.2. The van der Waals surface area contributed by atoms with Crippen LogP contribution >= 0.6 is 11.8 Å². The third kappa shape index (κ3) is 7.78. The number of nitrogens with two attached hydrogens (primary N) is 1. The van der Waals surface area contributed by atoms with E-state index in [1.165, 1.54) is 11.1 Å². The van der Waals surface area contributed by atoms with Crippen LogP contribution in [0.5, 0.6) is 0 Å². The molecule has 1 rings (SSSR count). The number of unbranched alkanes of at least 4 members (excludes halogenated alkanes) is 1. The summed E-state index contributed by atoms with van der Waals surface area (Å²) in [5.41, 5.74) is 8.44. The minimum atomic E-state index is 0.574. The van der Waals surface area contributed by atoms with E-state index in [1.807, 2.05) is 11.8 Å². The number of nitrogens with zero attached hydrogens (tertiary/aromatic N) is 1. The van der Waals surface area contributed by atoms with Crippen molar-refractivity contribution in [3.8, 4) is 0 Å². The first kappa shape index (κ1) is 15.9. The minimum absolute atomic E-state index is 0.574. The third-order valence-electron chi connectivity index (χ3n) is 2.74. The molecule has 0 aliphatic rings. The predicted molar refractivity (Wildman–Crippen MR) is 86.7 cm³/mol. The average molecular weight is 279 g/mol. The molecule has 0 radical (unpaired) electrons. The zero-order chi connectivity index (χ0) is 13.9. The Kier molecular flexibility index (Phi) is 8.14. The van der Waals surface area contributed by atoms with Gasteiger partial charge in [-0.25, -0.2) is 0 Å². The summed E-state index contributed by atoms with van der Waals surface area (Å²) in [7, 11) is 0. The van der Waals surface area contributed by atoms with E-state index in [9.17, 15) is 0 Å². The van der Waals surface area contributed by atoms with Crippen molar-refractivity contribution in [1.82, 2.24) is 5.32 Å². The molecule has 0 aromatic heterocycles. The van der Waals surface area contributed by atoms with E-state index in [0.29, 0.717) is 5.96 Å². The molecule has 0 spiro atoms. The monoisotopic (exact) mass is 279 g/mol. The topological polar surface area (TPSA) is 50.4 Å². The van der Waals surface area contributed by atoms with Gasteiger partial charge in [-0.15, -0.1) is 0 Å². The van der Waals surface area contributed by atoms with E-state index in [4.69, 9.17) is 5.73 Å². The van der Waals surface area contributed by atoms with Crippen LogP contribution in [0.25, 0.3) is 0 Å². The fraction of sp³-hybridized carbons (Fsp3) is 0.533. The molecule has 0 aliphatic heterocycles. The van der Waals surface area contributed by atoms with Crippen LogP contribution in [-0.2, 0) is 5.75 Å². The summed E-state index contributed by atoms with van der Waals surface area (Å²) < 4.78 is 0. The first-order chi connectivity index (χ1) is 9.22. The molecule has 0 bridgehead atoms. The van der Waals surface area contributed by atoms with E-state index in [0.717, 1.165) is 37.4 Å². The summed E-state index contributed by atoms with van der Waals surface area (Å²) >= 11 is 1.91. The first-order valence-corrected chi connectivity index (χ1v) is 8.05. The molecule has 0 atom stereocenters. The number of rotatable bonds is 8. The summed E-state index contributed by atoms with van der Waals surface area (Å²) in [6, 6.07) is 8.70. The average Bonchev–Trinajstić information content (AvgIpc) is 2.41. The summed E-state index contributed by atoms with van der Waals surface area (Å²) in [5.74, 6) is 2.66. The van der Waals surface area contributed by atoms with Gasteiger partial charge >= 0.3 is 0 Å². The molecule has 0 saturated heterocycles. The lowest BCUT2D eigenvalue weighted by Gasteiger charge is -2.06. The Morgan fingerprint density at radius 2 is 2.05 bits per heavy atom. The second-order valence-electron chi connectivity index (χ2n) is 4.59. The molecule has 0 amide bonds. The molecular weight excluding hydrogens is 254 g/mol. The zero-order valence-corrected chi connectivity index (χ0v) is 12.8. The van der Waals surface area contributed by atoms with Gasteiger partial charge in [-0.1, -0.05) is 43.2 Å². The lowest BCUT2D eigenvalue weighted by Crippen LogP contribution is -2.33. The SMILES string of the molecule is CCCCN=C(N)NCCSCc1ccc(C)cc1. The molecule has 0 saturated carbocycles. The van der Waals surface area contributed by atoms with Crippen LogP contribution in [0.3, 0.4) is 0 Å². The Bertz CT molecular complexity index is 373. The summed E-state index contributed by atoms with van der Waals surface area (Å²) in [6.07, 6.45) is 2.26. The lowest BCUT2D eigenvalue weighted by molar-refractivity contribution is 0.798. The molecule has 19 heavy (non-hydrogen) atoms. The van der Waals surface area contributed by atoms with Gasteiger partial charge in [-0.3, -0.25) is 4.99 Å². The molecule has 0 heterocycles. The summed E-state index contributed by atoms with van der Waals surface area (Å²) in [5, 5.41) is 3.14. The van der Waals surface area contributed by atoms with Gasteiger partial charge in [0.25, 0.3) is 0 Å². The fourth-order valence-corrected chi connectivity index (χ4v) is 2.36. The van der Waals surface area contributed by atoms with Crippen LogP contribution in [0.15, 0.2) is 29.3 Å². The van der Waals surface area contributed by atoms with Crippen molar-refractivity contribution in [3.05, 3.63) is 35.4 Å². The minimum Gasteiger partial charge on any atom is -0.370 e. The van der Waals surface area contributed by atoms with Gasteiger partial charge in [0.15, 0.2) is 5.96 Å². The molecule has 0 aliphatic carbocycles. The number of guanidine groups is 1. The van der Waals surface area contributed by atoms with Crippen LogP contribution in [0.1, 0.15) is 30.9 Å². The van der Waals surface area contributed by atoms with Crippen LogP contribution in [0.2, 0.25) is 0 Å². The number of aryl methyl sites for hydroxylation is 1. The highest BCUT2D eigenvalue weighted by molar-refractivity contribution is 7.98. The van der Waals surface area contributed by atoms with Gasteiger partial charge in [0.05, 0.1) is 0 Å². The highest BCUT2D eigenvalue weighted by Crippen LogP contribution is 2.12. The number of thioether (sulfide) groups is 1. The molecular formula is C15H25N3S. The van der Waals surface area contributed by atoms with E-state index in [2.05, 4.69) is 48.4 Å². The zero-order valence-electron chi connectivity index (χ0n) is 12.0. The van der Waals surface area contributed by atoms with Gasteiger partial charge in [-0.05, 0) is 18.9 Å². The third-order valence-corrected chi connectivity index (χ3v) is 3.77. The largest absolute Gasteiger partial charge is 0.370 e. The first-order valence-electron chi connectivity index (χ1n) is 6.89. The van der Waals surface area contributed by atoms with Crippen molar-refractivity contribution in [2.75, 3.05) is 18.8 Å². The van der Waals surface area contributed by atoms with E-state index >= 15 is 0 Å². The molecule has 1 aromatic rings. The van der Waals surface area contributed by atoms with Crippen LogP contribution < -0.4 is 11.1 Å². The molecule has 0 unspecified atom stereocenters. The van der Waals surface area contributed by atoms with Gasteiger partial charge in [0.2, 0.25) is 0 Å². The van der Waals surface area contributed by atoms with E-state index in [-0.39, 0.29) is 0 Å². The number of aliphatic imine (C=N–C) groups is 1. The van der Waals surface area contributed by atoms with Crippen LogP contribution in [0.4, 0.5) is 0 Å². The number of benzene rings is 1. The summed E-state index contributed by atoms with van der Waals surface area (Å²) in [6.45, 7) is 5.96. The van der Waals surface area contributed by atoms with Crippen molar-refractivity contribution in [2.24, 2.45) is 10.7 Å². The fourth-order valence-electron chi connectivity index (χ4n) is 1.54. The van der Waals surface area contributed by atoms with Crippen molar-refractivity contribution in [2.45, 2.75) is 32.4 Å². The summed E-state index contributed by atoms with van der Waals surface area (Å²) in [4.78, 5) is 4.25. The molecule has 4 heteroatoms. The quantitative estimate of drug-likeness (QED) is 0.437. The maximum atomic E-state index is 5.75. The second kappa shape index (κ2) is 9.73. The smallest absolute Gasteiger partial charge is 0.188 e. The van der Waals surface area contributed by atoms with Crippen LogP contribution in [0, 0.1) is 6.92 Å². The number of nitrogens with one attached hydrogen (secondary N) is 1. The van der Waals surface area contributed by atoms with Crippen molar-refractivity contribution >= 4 is 17.7 Å². The maximum Gasteiger partial charge on any atom is 0.188 e. The van der Waals surface area contributed by atoms with Crippen molar-refractivity contribution in [3.63, 3.8) is 0 Å². The number of hydrogen-bond acceptors (Lipinski definition) is 2. The Balaban J connectivity index is 2.07. The van der Waals surface area contributed by atoms with Gasteiger partial charge in [0, 0.05) is 24.6 Å². The normalized spacial score (nSPS) is 11.6. The Labute approximate surface area is 121 Å². The Morgan fingerprint density at radius 3 is 2.74 bits per heavy atom. The highest BCUT2D eigenvalue weighted by Gasteiger charge is 1.95. The molecule has 0 fully saturated rings. The van der Waals surface area contributed by atoms with Crippen molar-refractivity contribution < 1.29 is 0 Å².